The number of nitrogens with zero attached hydrogens (tertiary/aromatic N) is 3. The molecule has 11 heteroatoms. The minimum Gasteiger partial charge on any atom is -0.497 e. The van der Waals surface area contributed by atoms with Crippen LogP contribution in [0, 0.1) is 0 Å². The van der Waals surface area contributed by atoms with E-state index in [-0.39, 0.29) is 16.7 Å². The Kier molecular flexibility index (Phi) is 6.43. The van der Waals surface area contributed by atoms with E-state index in [2.05, 4.69) is 4.98 Å². The number of thiazole rings is 1. The second kappa shape index (κ2) is 9.49. The number of methoxy groups -OCH3 is 1. The van der Waals surface area contributed by atoms with Crippen molar-refractivity contribution in [3.63, 3.8) is 0 Å². The summed E-state index contributed by atoms with van der Waals surface area (Å²) >= 11 is 2.52. The van der Waals surface area contributed by atoms with Crippen molar-refractivity contribution in [2.24, 2.45) is 0 Å². The lowest BCUT2D eigenvalue weighted by Crippen LogP contribution is -2.52. The number of hydrogen-bond donors (Lipinski definition) is 0. The van der Waals surface area contributed by atoms with Crippen molar-refractivity contribution in [3.8, 4) is 5.75 Å². The lowest BCUT2D eigenvalue weighted by molar-refractivity contribution is -0.123. The summed E-state index contributed by atoms with van der Waals surface area (Å²) in [5.41, 5.74) is 0.741. The lowest BCUT2D eigenvalue weighted by Gasteiger charge is -2.35. The van der Waals surface area contributed by atoms with E-state index in [4.69, 9.17) is 9.15 Å². The summed E-state index contributed by atoms with van der Waals surface area (Å²) in [6.45, 7) is 0.467. The number of ether oxygens (including phenoxy) is 1. The van der Waals surface area contributed by atoms with E-state index in [1.54, 1.807) is 47.9 Å². The van der Waals surface area contributed by atoms with Gasteiger partial charge in [0.25, 0.3) is 10.0 Å². The zero-order valence-electron chi connectivity index (χ0n) is 18.4. The van der Waals surface area contributed by atoms with Crippen LogP contribution in [-0.4, -0.2) is 43.3 Å². The predicted molar refractivity (Wildman–Crippen MR) is 132 cm³/mol. The van der Waals surface area contributed by atoms with Gasteiger partial charge in [-0.2, -0.15) is 4.31 Å². The first-order valence-corrected chi connectivity index (χ1v) is 13.9. The molecule has 0 N–H and O–H groups in total. The number of rotatable bonds is 7. The molecule has 0 spiro atoms. The van der Waals surface area contributed by atoms with Gasteiger partial charge >= 0.3 is 0 Å². The normalized spacial score (nSPS) is 17.1. The second-order valence-electron chi connectivity index (χ2n) is 7.89. The Morgan fingerprint density at radius 1 is 1.26 bits per heavy atom. The highest BCUT2D eigenvalue weighted by molar-refractivity contribution is 7.91. The largest absolute Gasteiger partial charge is 0.497 e. The Bertz CT molecular complexity index is 1380. The van der Waals surface area contributed by atoms with Gasteiger partial charge in [0.2, 0.25) is 5.91 Å². The van der Waals surface area contributed by atoms with Crippen LogP contribution >= 0.6 is 22.7 Å². The van der Waals surface area contributed by atoms with Crippen molar-refractivity contribution in [1.82, 2.24) is 9.29 Å². The molecule has 34 heavy (non-hydrogen) atoms. The summed E-state index contributed by atoms with van der Waals surface area (Å²) in [6.07, 6.45) is 3.50. The van der Waals surface area contributed by atoms with Crippen LogP contribution in [0.25, 0.3) is 10.2 Å². The maximum atomic E-state index is 14.0. The van der Waals surface area contributed by atoms with Crippen molar-refractivity contribution in [2.45, 2.75) is 36.1 Å². The van der Waals surface area contributed by atoms with Crippen LogP contribution in [-0.2, 0) is 21.4 Å². The second-order valence-corrected chi connectivity index (χ2v) is 12.0. The topological polar surface area (TPSA) is 92.9 Å². The molecule has 3 aromatic heterocycles. The van der Waals surface area contributed by atoms with Gasteiger partial charge in [-0.05, 0) is 54.6 Å². The zero-order valence-corrected chi connectivity index (χ0v) is 20.9. The Hall–Kier alpha value is -2.73. The smallest absolute Gasteiger partial charge is 0.253 e. The third kappa shape index (κ3) is 4.36. The van der Waals surface area contributed by atoms with Crippen molar-refractivity contribution >= 4 is 54.0 Å². The quantitative estimate of drug-likeness (QED) is 0.352. The Morgan fingerprint density at radius 3 is 2.88 bits per heavy atom. The lowest BCUT2D eigenvalue weighted by atomic mass is 10.0. The average molecular weight is 518 g/mol. The maximum absolute atomic E-state index is 14.0. The van der Waals surface area contributed by atoms with E-state index >= 15 is 0 Å². The standard InChI is InChI=1S/C23H23N3O5S3/c1-30-16-9-10-18-20(14-16)33-23(24-18)25(15-17-6-4-12-31-17)22(27)19-7-2-3-11-26(19)34(28,29)21-8-5-13-32-21/h4-6,8-10,12-14,19H,2-3,7,11,15H2,1H3. The number of sulfonamides is 1. The molecular weight excluding hydrogens is 494 g/mol. The van der Waals surface area contributed by atoms with Crippen LogP contribution < -0.4 is 9.64 Å². The van der Waals surface area contributed by atoms with Gasteiger partial charge in [-0.3, -0.25) is 9.69 Å². The molecule has 0 bridgehead atoms. The summed E-state index contributed by atoms with van der Waals surface area (Å²) in [5.74, 6) is 0.989. The van der Waals surface area contributed by atoms with Crippen LogP contribution in [0.5, 0.6) is 5.75 Å². The third-order valence-corrected chi connectivity index (χ3v) is 10.1. The van der Waals surface area contributed by atoms with Gasteiger partial charge in [-0.15, -0.1) is 11.3 Å². The highest BCUT2D eigenvalue weighted by Gasteiger charge is 2.41. The van der Waals surface area contributed by atoms with Gasteiger partial charge in [-0.1, -0.05) is 23.8 Å². The third-order valence-electron chi connectivity index (χ3n) is 5.77. The number of benzene rings is 1. The van der Waals surface area contributed by atoms with Crippen molar-refractivity contribution < 1.29 is 22.4 Å². The van der Waals surface area contributed by atoms with E-state index in [1.807, 2.05) is 18.2 Å². The average Bonchev–Trinajstić information content (AvgIpc) is 3.63. The molecule has 1 aliphatic heterocycles. The fourth-order valence-corrected chi connectivity index (χ4v) is 7.85. The number of carbonyl (C=O) groups excluding carboxylic acids is 1. The van der Waals surface area contributed by atoms with Crippen molar-refractivity contribution in [3.05, 3.63) is 59.9 Å². The first-order valence-electron chi connectivity index (χ1n) is 10.8. The van der Waals surface area contributed by atoms with Gasteiger partial charge in [0.05, 0.1) is 30.1 Å². The first-order chi connectivity index (χ1) is 16.5. The van der Waals surface area contributed by atoms with Gasteiger partial charge < -0.3 is 9.15 Å². The molecule has 5 rings (SSSR count). The number of thiophene rings is 1. The zero-order chi connectivity index (χ0) is 23.7. The van der Waals surface area contributed by atoms with Gasteiger partial charge in [-0.25, -0.2) is 13.4 Å². The minimum absolute atomic E-state index is 0.159. The first kappa shape index (κ1) is 23.0. The van der Waals surface area contributed by atoms with Crippen LogP contribution in [0.3, 0.4) is 0 Å². The molecule has 1 unspecified atom stereocenters. The number of piperidine rings is 1. The summed E-state index contributed by atoms with van der Waals surface area (Å²) in [5, 5.41) is 2.22. The molecule has 1 atom stereocenters. The van der Waals surface area contributed by atoms with Gasteiger partial charge in [0.15, 0.2) is 5.13 Å². The van der Waals surface area contributed by atoms with Crippen molar-refractivity contribution in [2.75, 3.05) is 18.6 Å². The number of hydrogen-bond acceptors (Lipinski definition) is 8. The molecule has 1 amide bonds. The molecule has 4 heterocycles. The monoisotopic (exact) mass is 517 g/mol. The number of amides is 1. The fourth-order valence-electron chi connectivity index (χ4n) is 4.08. The van der Waals surface area contributed by atoms with E-state index < -0.39 is 16.1 Å². The highest BCUT2D eigenvalue weighted by Crippen LogP contribution is 2.35. The molecule has 1 saturated heterocycles. The molecule has 1 aromatic carbocycles. The molecule has 0 radical (unpaired) electrons. The number of furan rings is 1. The van der Waals surface area contributed by atoms with Gasteiger partial charge in [0, 0.05) is 6.54 Å². The van der Waals surface area contributed by atoms with Crippen LogP contribution in [0.15, 0.2) is 62.7 Å². The minimum atomic E-state index is -3.78. The molecular formula is C23H23N3O5S3. The number of carbonyl (C=O) groups is 1. The number of aromatic nitrogens is 1. The summed E-state index contributed by atoms with van der Waals surface area (Å²) in [4.78, 5) is 20.2. The fraction of sp³-hybridized carbons (Fsp3) is 0.304. The predicted octanol–water partition coefficient (Wildman–Crippen LogP) is 4.74. The van der Waals surface area contributed by atoms with E-state index in [0.29, 0.717) is 36.0 Å². The molecule has 1 aliphatic rings. The number of fused-ring (bicyclic) bond motifs is 1. The highest BCUT2D eigenvalue weighted by atomic mass is 32.2. The van der Waals surface area contributed by atoms with Crippen LogP contribution in [0.4, 0.5) is 5.13 Å². The molecule has 0 aliphatic carbocycles. The van der Waals surface area contributed by atoms with Gasteiger partial charge in [0.1, 0.15) is 21.8 Å². The molecule has 4 aromatic rings. The van der Waals surface area contributed by atoms with E-state index in [0.717, 1.165) is 28.0 Å². The Morgan fingerprint density at radius 2 is 2.15 bits per heavy atom. The maximum Gasteiger partial charge on any atom is 0.253 e. The van der Waals surface area contributed by atoms with Crippen LogP contribution in [0.2, 0.25) is 0 Å². The molecule has 8 nitrogen and oxygen atoms in total. The molecule has 0 saturated carbocycles. The Balaban J connectivity index is 1.53. The number of anilines is 1. The summed E-state index contributed by atoms with van der Waals surface area (Å²) < 4.78 is 40.1. The van der Waals surface area contributed by atoms with E-state index in [1.165, 1.54) is 15.6 Å². The SMILES string of the molecule is COc1ccc2nc(N(Cc3ccco3)C(=O)C3CCCCN3S(=O)(=O)c3cccs3)sc2c1. The molecule has 178 valence electrons. The summed E-state index contributed by atoms with van der Waals surface area (Å²) in [6, 6.07) is 11.6. The van der Waals surface area contributed by atoms with Crippen molar-refractivity contribution in [1.29, 1.82) is 0 Å². The Labute approximate surface area is 205 Å². The summed E-state index contributed by atoms with van der Waals surface area (Å²) in [7, 11) is -2.18. The van der Waals surface area contributed by atoms with E-state index in [9.17, 15) is 13.2 Å². The van der Waals surface area contributed by atoms with Crippen LogP contribution in [0.1, 0.15) is 25.0 Å². The molecule has 1 fully saturated rings.